The molecule has 0 aromatic heterocycles. The van der Waals surface area contributed by atoms with Gasteiger partial charge in [0.05, 0.1) is 5.75 Å². The number of hydrogen-bond donors (Lipinski definition) is 1. The van der Waals surface area contributed by atoms with Gasteiger partial charge in [0.25, 0.3) is 5.91 Å². The molecule has 5 nitrogen and oxygen atoms in total. The van der Waals surface area contributed by atoms with E-state index in [4.69, 9.17) is 11.6 Å². The van der Waals surface area contributed by atoms with Crippen LogP contribution in [0.5, 0.6) is 0 Å². The molecule has 1 aliphatic heterocycles. The van der Waals surface area contributed by atoms with Gasteiger partial charge in [0.2, 0.25) is 10.0 Å². The molecule has 1 saturated heterocycles. The summed E-state index contributed by atoms with van der Waals surface area (Å²) in [6, 6.07) is 6.76. The maximum atomic E-state index is 12.0. The highest BCUT2D eigenvalue weighted by atomic mass is 35.5. The smallest absolute Gasteiger partial charge is 0.251 e. The molecular weight excluding hydrogens is 336 g/mol. The number of nitrogens with one attached hydrogen (secondary N) is 1. The Labute approximate surface area is 143 Å². The zero-order valence-electron chi connectivity index (χ0n) is 13.3. The van der Waals surface area contributed by atoms with Gasteiger partial charge < -0.3 is 5.32 Å². The molecule has 0 radical (unpaired) electrons. The molecule has 0 unspecified atom stereocenters. The molecule has 1 aromatic rings. The van der Waals surface area contributed by atoms with Gasteiger partial charge in [-0.05, 0) is 49.4 Å². The fraction of sp³-hybridized carbons (Fsp3) is 0.562. The molecule has 2 rings (SSSR count). The summed E-state index contributed by atoms with van der Waals surface area (Å²) >= 11 is 5.80. The summed E-state index contributed by atoms with van der Waals surface area (Å²) in [5.41, 5.74) is 0.581. The first-order valence-corrected chi connectivity index (χ1v) is 9.92. The Morgan fingerprint density at radius 3 is 2.43 bits per heavy atom. The van der Waals surface area contributed by atoms with Gasteiger partial charge in [0.1, 0.15) is 0 Å². The molecule has 0 spiro atoms. The summed E-state index contributed by atoms with van der Waals surface area (Å²) in [5.74, 6) is 0.410. The minimum atomic E-state index is -3.10. The molecule has 0 aliphatic carbocycles. The second kappa shape index (κ2) is 8.13. The zero-order chi connectivity index (χ0) is 16.9. The number of benzene rings is 1. The fourth-order valence-electron chi connectivity index (χ4n) is 2.72. The van der Waals surface area contributed by atoms with Crippen molar-refractivity contribution >= 4 is 27.5 Å². The van der Waals surface area contributed by atoms with E-state index in [0.717, 1.165) is 12.8 Å². The van der Waals surface area contributed by atoms with Gasteiger partial charge in [-0.2, -0.15) is 0 Å². The molecule has 23 heavy (non-hydrogen) atoms. The third kappa shape index (κ3) is 5.19. The fourth-order valence-corrected chi connectivity index (χ4v) is 4.39. The van der Waals surface area contributed by atoms with Crippen molar-refractivity contribution in [3.63, 3.8) is 0 Å². The number of piperidine rings is 1. The Balaban J connectivity index is 1.78. The lowest BCUT2D eigenvalue weighted by Crippen LogP contribution is -2.42. The predicted molar refractivity (Wildman–Crippen MR) is 92.2 cm³/mol. The van der Waals surface area contributed by atoms with Crippen molar-refractivity contribution in [1.82, 2.24) is 9.62 Å². The molecule has 0 atom stereocenters. The van der Waals surface area contributed by atoms with Gasteiger partial charge in [-0.15, -0.1) is 0 Å². The topological polar surface area (TPSA) is 66.5 Å². The minimum absolute atomic E-state index is 0.122. The van der Waals surface area contributed by atoms with E-state index in [1.807, 2.05) is 6.92 Å². The molecule has 1 heterocycles. The normalized spacial score (nSPS) is 17.1. The van der Waals surface area contributed by atoms with Crippen LogP contribution in [0.25, 0.3) is 0 Å². The van der Waals surface area contributed by atoms with Gasteiger partial charge in [0.15, 0.2) is 0 Å². The lowest BCUT2D eigenvalue weighted by molar-refractivity contribution is 0.0941. The van der Waals surface area contributed by atoms with Crippen LogP contribution in [0.4, 0.5) is 0 Å². The number of sulfonamides is 1. The van der Waals surface area contributed by atoms with Gasteiger partial charge in [-0.3, -0.25) is 4.79 Å². The first-order chi connectivity index (χ1) is 10.9. The van der Waals surface area contributed by atoms with Crippen molar-refractivity contribution in [1.29, 1.82) is 0 Å². The summed E-state index contributed by atoms with van der Waals surface area (Å²) in [6.45, 7) is 3.54. The van der Waals surface area contributed by atoms with Crippen molar-refractivity contribution in [3.8, 4) is 0 Å². The Bertz CT molecular complexity index is 623. The van der Waals surface area contributed by atoms with E-state index in [-0.39, 0.29) is 11.7 Å². The van der Waals surface area contributed by atoms with Crippen molar-refractivity contribution in [2.45, 2.75) is 26.2 Å². The van der Waals surface area contributed by atoms with Crippen LogP contribution in [-0.2, 0) is 10.0 Å². The van der Waals surface area contributed by atoms with Crippen molar-refractivity contribution in [3.05, 3.63) is 34.9 Å². The lowest BCUT2D eigenvalue weighted by Gasteiger charge is -2.31. The maximum Gasteiger partial charge on any atom is 0.251 e. The first-order valence-electron chi connectivity index (χ1n) is 7.94. The second-order valence-electron chi connectivity index (χ2n) is 5.88. The van der Waals surface area contributed by atoms with Gasteiger partial charge >= 0.3 is 0 Å². The highest BCUT2D eigenvalue weighted by Crippen LogP contribution is 2.20. The Hall–Kier alpha value is -1.11. The van der Waals surface area contributed by atoms with E-state index in [2.05, 4.69) is 5.32 Å². The number of nitrogens with zero attached hydrogens (tertiary/aromatic N) is 1. The van der Waals surface area contributed by atoms with E-state index in [1.165, 1.54) is 0 Å². The number of carbonyl (C=O) groups excluding carboxylic acids is 1. The molecule has 7 heteroatoms. The van der Waals surface area contributed by atoms with Crippen LogP contribution in [0.1, 0.15) is 36.5 Å². The van der Waals surface area contributed by atoms with E-state index in [0.29, 0.717) is 42.6 Å². The Morgan fingerprint density at radius 2 is 1.87 bits per heavy atom. The molecule has 0 saturated carbocycles. The van der Waals surface area contributed by atoms with Crippen LogP contribution in [0.15, 0.2) is 24.3 Å². The van der Waals surface area contributed by atoms with Crippen molar-refractivity contribution in [2.24, 2.45) is 5.92 Å². The average Bonchev–Trinajstić information content (AvgIpc) is 2.53. The lowest BCUT2D eigenvalue weighted by atomic mass is 9.98. The van der Waals surface area contributed by atoms with E-state index in [9.17, 15) is 13.2 Å². The highest BCUT2D eigenvalue weighted by molar-refractivity contribution is 7.89. The molecule has 0 bridgehead atoms. The third-order valence-electron chi connectivity index (χ3n) is 4.09. The molecular formula is C16H23ClN2O3S. The molecule has 1 amide bonds. The van der Waals surface area contributed by atoms with Crippen molar-refractivity contribution < 1.29 is 13.2 Å². The van der Waals surface area contributed by atoms with Crippen LogP contribution in [0, 0.1) is 5.92 Å². The van der Waals surface area contributed by atoms with Crippen LogP contribution in [-0.4, -0.2) is 44.0 Å². The summed E-state index contributed by atoms with van der Waals surface area (Å²) in [4.78, 5) is 12.0. The number of carbonyl (C=O) groups is 1. The largest absolute Gasteiger partial charge is 0.352 e. The average molecular weight is 359 g/mol. The van der Waals surface area contributed by atoms with E-state index in [1.54, 1.807) is 28.6 Å². The number of amides is 1. The van der Waals surface area contributed by atoms with Crippen LogP contribution in [0.2, 0.25) is 5.02 Å². The first kappa shape index (κ1) is 18.2. The quantitative estimate of drug-likeness (QED) is 0.849. The van der Waals surface area contributed by atoms with Crippen LogP contribution < -0.4 is 5.32 Å². The standard InChI is InChI=1S/C16H23ClN2O3S/c1-2-11-23(21,22)19-9-7-13(8-10-19)12-18-16(20)14-3-5-15(17)6-4-14/h3-6,13H,2,7-12H2,1H3,(H,18,20). The number of hydrogen-bond acceptors (Lipinski definition) is 3. The van der Waals surface area contributed by atoms with Gasteiger partial charge in [-0.1, -0.05) is 18.5 Å². The zero-order valence-corrected chi connectivity index (χ0v) is 14.9. The number of halogens is 1. The van der Waals surface area contributed by atoms with E-state index < -0.39 is 10.0 Å². The highest BCUT2D eigenvalue weighted by Gasteiger charge is 2.27. The number of rotatable bonds is 6. The Morgan fingerprint density at radius 1 is 1.26 bits per heavy atom. The van der Waals surface area contributed by atoms with Crippen LogP contribution >= 0.6 is 11.6 Å². The van der Waals surface area contributed by atoms with Crippen molar-refractivity contribution in [2.75, 3.05) is 25.4 Å². The third-order valence-corrected chi connectivity index (χ3v) is 6.41. The molecule has 1 aromatic carbocycles. The predicted octanol–water partition coefficient (Wildman–Crippen LogP) is 2.52. The molecule has 1 N–H and O–H groups in total. The Kier molecular flexibility index (Phi) is 6.44. The SMILES string of the molecule is CCCS(=O)(=O)N1CCC(CNC(=O)c2ccc(Cl)cc2)CC1. The minimum Gasteiger partial charge on any atom is -0.352 e. The van der Waals surface area contributed by atoms with Gasteiger partial charge in [0, 0.05) is 30.2 Å². The van der Waals surface area contributed by atoms with Crippen LogP contribution in [0.3, 0.4) is 0 Å². The summed E-state index contributed by atoms with van der Waals surface area (Å²) in [5, 5.41) is 3.52. The molecule has 128 valence electrons. The second-order valence-corrected chi connectivity index (χ2v) is 8.40. The summed E-state index contributed by atoms with van der Waals surface area (Å²) in [7, 11) is -3.10. The maximum absolute atomic E-state index is 12.0. The monoisotopic (exact) mass is 358 g/mol. The summed E-state index contributed by atoms with van der Waals surface area (Å²) < 4.78 is 25.6. The van der Waals surface area contributed by atoms with Gasteiger partial charge in [-0.25, -0.2) is 12.7 Å². The van der Waals surface area contributed by atoms with E-state index >= 15 is 0 Å². The molecule has 1 fully saturated rings. The summed E-state index contributed by atoms with van der Waals surface area (Å²) in [6.07, 6.45) is 2.20. The molecule has 1 aliphatic rings.